The van der Waals surface area contributed by atoms with Crippen LogP contribution in [0.3, 0.4) is 0 Å². The molecule has 15 heteroatoms. The largest absolute Gasteiger partial charge is 0.417 e. The summed E-state index contributed by atoms with van der Waals surface area (Å²) in [5.74, 6) is 0. The van der Waals surface area contributed by atoms with Crippen molar-refractivity contribution in [2.75, 3.05) is 0 Å². The predicted octanol–water partition coefficient (Wildman–Crippen LogP) is 4.27. The fraction of sp³-hybridized carbons (Fsp3) is 0.0645. The van der Waals surface area contributed by atoms with E-state index in [9.17, 15) is 73.7 Å². The van der Waals surface area contributed by atoms with Gasteiger partial charge in [0.2, 0.25) is 0 Å². The number of hydrogen-bond acceptors (Lipinski definition) is 9. The van der Waals surface area contributed by atoms with E-state index in [1.807, 2.05) is 0 Å². The highest BCUT2D eigenvalue weighted by Crippen LogP contribution is 2.36. The van der Waals surface area contributed by atoms with E-state index in [4.69, 9.17) is 0 Å². The topological polar surface area (TPSA) is 214 Å². The fourth-order valence-corrected chi connectivity index (χ4v) is 4.53. The van der Waals surface area contributed by atoms with Crippen LogP contribution in [0.2, 0.25) is 0 Å². The molecule has 3 aromatic rings. The minimum Gasteiger partial charge on any atom is -0.192 e. The average molecular weight is 617 g/mol. The van der Waals surface area contributed by atoms with Crippen molar-refractivity contribution in [2.24, 2.45) is 0 Å². The molecule has 0 aliphatic carbocycles. The number of hydrogen-bond donors (Lipinski definition) is 0. The molecular weight excluding hydrogens is 612 g/mol. The van der Waals surface area contributed by atoms with E-state index in [2.05, 4.69) is 0 Å². The predicted molar refractivity (Wildman–Crippen MR) is 138 cm³/mol. The minimum atomic E-state index is -5.09. The third-order valence-corrected chi connectivity index (χ3v) is 6.42. The van der Waals surface area contributed by atoms with E-state index in [-0.39, 0.29) is 0 Å². The molecule has 46 heavy (non-hydrogen) atoms. The Morgan fingerprint density at radius 2 is 0.848 bits per heavy atom. The summed E-state index contributed by atoms with van der Waals surface area (Å²) in [6.45, 7) is 0. The lowest BCUT2D eigenvalue weighted by atomic mass is 9.87. The lowest BCUT2D eigenvalue weighted by molar-refractivity contribution is -0.138. The molecule has 0 amide bonds. The van der Waals surface area contributed by atoms with Crippen molar-refractivity contribution in [2.45, 2.75) is 12.4 Å². The van der Waals surface area contributed by atoms with E-state index in [0.29, 0.717) is 24.3 Å². The van der Waals surface area contributed by atoms with E-state index in [0.717, 1.165) is 6.07 Å². The summed E-state index contributed by atoms with van der Waals surface area (Å²) in [4.78, 5) is 0. The Morgan fingerprint density at radius 3 is 1.17 bits per heavy atom. The van der Waals surface area contributed by atoms with Gasteiger partial charge in [0.05, 0.1) is 67.3 Å². The molecule has 0 radical (unpaired) electrons. The van der Waals surface area contributed by atoms with Crippen molar-refractivity contribution >= 4 is 11.1 Å². The molecule has 0 unspecified atom stereocenters. The van der Waals surface area contributed by atoms with Crippen LogP contribution in [0.15, 0.2) is 30.3 Å². The Balaban J connectivity index is 2.73. The maximum Gasteiger partial charge on any atom is 0.417 e. The van der Waals surface area contributed by atoms with Crippen LogP contribution < -0.4 is 10.4 Å². The summed E-state index contributed by atoms with van der Waals surface area (Å²) in [7, 11) is 0. The third-order valence-electron chi connectivity index (χ3n) is 6.42. The number of benzene rings is 3. The molecule has 0 fully saturated rings. The molecule has 0 heterocycles. The summed E-state index contributed by atoms with van der Waals surface area (Å²) >= 11 is 0. The second-order valence-electron chi connectivity index (χ2n) is 8.67. The van der Waals surface area contributed by atoms with Crippen LogP contribution in [0.5, 0.6) is 0 Å². The molecule has 0 aromatic heterocycles. The molecule has 216 valence electrons. The van der Waals surface area contributed by atoms with Crippen molar-refractivity contribution in [3.63, 3.8) is 0 Å². The number of alkyl halides is 6. The summed E-state index contributed by atoms with van der Waals surface area (Å²) in [6, 6.07) is 16.1. The molecule has 3 rings (SSSR count). The number of halogens is 6. The fourth-order valence-electron chi connectivity index (χ4n) is 4.53. The van der Waals surface area contributed by atoms with Gasteiger partial charge in [-0.05, 0) is 18.2 Å². The quantitative estimate of drug-likeness (QED) is 0.375. The molecule has 9 nitrogen and oxygen atoms in total. The van der Waals surface area contributed by atoms with Gasteiger partial charge in [0, 0.05) is 21.6 Å². The summed E-state index contributed by atoms with van der Waals surface area (Å²) in [5, 5.41) is 87.1. The van der Waals surface area contributed by atoms with Gasteiger partial charge in [-0.15, -0.1) is 0 Å². The van der Waals surface area contributed by atoms with Crippen molar-refractivity contribution in [1.82, 2.24) is 0 Å². The Hall–Kier alpha value is -7.61. The smallest absolute Gasteiger partial charge is 0.192 e. The van der Waals surface area contributed by atoms with Gasteiger partial charge >= 0.3 is 12.4 Å². The van der Waals surface area contributed by atoms with Gasteiger partial charge in [0.25, 0.3) is 0 Å². The lowest BCUT2D eigenvalue weighted by Crippen LogP contribution is -2.27. The molecule has 0 saturated heterocycles. The van der Waals surface area contributed by atoms with Gasteiger partial charge in [-0.3, -0.25) is 0 Å². The Labute approximate surface area is 253 Å². The van der Waals surface area contributed by atoms with E-state index >= 15 is 0 Å². The van der Waals surface area contributed by atoms with Crippen LogP contribution >= 0.6 is 0 Å². The first kappa shape index (κ1) is 32.9. The standard InChI is InChI=1S/C31H5F6N9/c32-30(33,34)27-3-1-16(20(8-40)23(27)11-43)19(7-39)18-5-15(6-38)29(26(14-46)22(18)10-42)25(13-45)17-2-4-28(31(35,36)37)24(12-44)21(17)9-41/h1-5H/b19-18+,29-25+. The molecular formula is C31H5F6N9. The van der Waals surface area contributed by atoms with Crippen LogP contribution in [0.25, 0.3) is 11.1 Å². The summed E-state index contributed by atoms with van der Waals surface area (Å²) < 4.78 is 81.1. The average Bonchev–Trinajstić information content (AvgIpc) is 3.03. The van der Waals surface area contributed by atoms with Crippen molar-refractivity contribution in [3.05, 3.63) is 102 Å². The maximum absolute atomic E-state index is 13.5. The first-order valence-corrected chi connectivity index (χ1v) is 11.8. The van der Waals surface area contributed by atoms with Crippen LogP contribution in [0, 0.1) is 102 Å². The zero-order chi connectivity index (χ0) is 34.6. The lowest BCUT2D eigenvalue weighted by Gasteiger charge is -2.14. The van der Waals surface area contributed by atoms with Crippen LogP contribution in [0.1, 0.15) is 61.2 Å². The normalized spacial score (nSPS) is 11.8. The molecule has 0 spiro atoms. The number of nitrogens with zero attached hydrogens (tertiary/aromatic N) is 9. The van der Waals surface area contributed by atoms with Gasteiger partial charge < -0.3 is 0 Å². The van der Waals surface area contributed by atoms with E-state index in [1.165, 1.54) is 24.3 Å². The zero-order valence-corrected chi connectivity index (χ0v) is 22.2. The van der Waals surface area contributed by atoms with Crippen molar-refractivity contribution in [1.29, 1.82) is 47.4 Å². The van der Waals surface area contributed by atoms with Gasteiger partial charge in [0.15, 0.2) is 0 Å². The highest BCUT2D eigenvalue weighted by molar-refractivity contribution is 5.86. The highest BCUT2D eigenvalue weighted by Gasteiger charge is 2.37. The SMILES string of the molecule is N#C/C(c1ccc(C(F)(F)F)c(C#N)c1C#N)=c1/cc(C#N)/c(=C(/C#N)c2ccc(C(F)(F)F)c(C#N)c2C#N)c(C#N)c1C#N. The van der Waals surface area contributed by atoms with E-state index < -0.39 is 95.1 Å². The maximum atomic E-state index is 13.5. The van der Waals surface area contributed by atoms with E-state index in [1.54, 1.807) is 30.3 Å². The second-order valence-corrected chi connectivity index (χ2v) is 8.67. The number of nitriles is 9. The summed E-state index contributed by atoms with van der Waals surface area (Å²) in [5.41, 5.74) is -12.1. The molecule has 3 aromatic carbocycles. The first-order chi connectivity index (χ1) is 21.7. The molecule has 0 atom stereocenters. The Bertz CT molecular complexity index is 2390. The third kappa shape index (κ3) is 5.34. The van der Waals surface area contributed by atoms with Crippen LogP contribution in [-0.4, -0.2) is 0 Å². The Morgan fingerprint density at radius 1 is 0.457 bits per heavy atom. The molecule has 0 aliphatic heterocycles. The van der Waals surface area contributed by atoms with Gasteiger partial charge in [-0.1, -0.05) is 12.1 Å². The van der Waals surface area contributed by atoms with Gasteiger partial charge in [0.1, 0.15) is 48.6 Å². The number of rotatable bonds is 2. The molecule has 0 bridgehead atoms. The van der Waals surface area contributed by atoms with Crippen LogP contribution in [-0.2, 0) is 12.4 Å². The van der Waals surface area contributed by atoms with Gasteiger partial charge in [-0.25, -0.2) is 0 Å². The van der Waals surface area contributed by atoms with Crippen LogP contribution in [0.4, 0.5) is 26.3 Å². The van der Waals surface area contributed by atoms with Crippen molar-refractivity contribution < 1.29 is 26.3 Å². The Kier molecular flexibility index (Phi) is 8.81. The van der Waals surface area contributed by atoms with Crippen molar-refractivity contribution in [3.8, 4) is 54.6 Å². The zero-order valence-electron chi connectivity index (χ0n) is 22.2. The molecule has 0 aliphatic rings. The molecule has 0 N–H and O–H groups in total. The first-order valence-electron chi connectivity index (χ1n) is 11.8. The molecule has 0 saturated carbocycles. The minimum absolute atomic E-state index is 0.395. The second kappa shape index (κ2) is 12.3. The monoisotopic (exact) mass is 617 g/mol. The highest BCUT2D eigenvalue weighted by atomic mass is 19.4. The summed E-state index contributed by atoms with van der Waals surface area (Å²) in [6.07, 6.45) is -10.2. The van der Waals surface area contributed by atoms with Gasteiger partial charge in [-0.2, -0.15) is 73.7 Å².